The van der Waals surface area contributed by atoms with E-state index in [0.29, 0.717) is 5.54 Å². The molecule has 76 valence electrons. The van der Waals surface area contributed by atoms with E-state index < -0.39 is 0 Å². The molecule has 1 saturated carbocycles. The lowest BCUT2D eigenvalue weighted by Crippen LogP contribution is -2.26. The van der Waals surface area contributed by atoms with Crippen LogP contribution in [-0.4, -0.2) is 5.54 Å². The van der Waals surface area contributed by atoms with Crippen LogP contribution in [0.4, 0.5) is 0 Å². The molecule has 1 nitrogen and oxygen atoms in total. The van der Waals surface area contributed by atoms with Crippen LogP contribution >= 0.6 is 15.9 Å². The van der Waals surface area contributed by atoms with Gasteiger partial charge in [-0.3, -0.25) is 0 Å². The van der Waals surface area contributed by atoms with Crippen LogP contribution < -0.4 is 5.32 Å². The van der Waals surface area contributed by atoms with Gasteiger partial charge in [0.2, 0.25) is 0 Å². The van der Waals surface area contributed by atoms with Crippen molar-refractivity contribution in [1.82, 2.24) is 5.32 Å². The van der Waals surface area contributed by atoms with E-state index in [1.165, 1.54) is 28.4 Å². The van der Waals surface area contributed by atoms with Crippen molar-refractivity contribution in [2.45, 2.75) is 38.8 Å². The summed E-state index contributed by atoms with van der Waals surface area (Å²) in [7, 11) is 0. The SMILES string of the molecule is Cc1cc(Br)cc(CNC2(C)CC2)c1. The van der Waals surface area contributed by atoms with E-state index >= 15 is 0 Å². The molecule has 0 spiro atoms. The minimum absolute atomic E-state index is 0.427. The van der Waals surface area contributed by atoms with Gasteiger partial charge < -0.3 is 5.32 Å². The Morgan fingerprint density at radius 1 is 1.36 bits per heavy atom. The van der Waals surface area contributed by atoms with Gasteiger partial charge in [-0.05, 0) is 49.9 Å². The molecule has 1 N–H and O–H groups in total. The Hall–Kier alpha value is -0.340. The lowest BCUT2D eigenvalue weighted by atomic mass is 10.1. The number of hydrogen-bond acceptors (Lipinski definition) is 1. The van der Waals surface area contributed by atoms with Crippen molar-refractivity contribution in [3.05, 3.63) is 33.8 Å². The number of halogens is 1. The molecule has 1 aromatic rings. The van der Waals surface area contributed by atoms with Crippen LogP contribution in [-0.2, 0) is 6.54 Å². The Labute approximate surface area is 94.0 Å². The molecule has 2 heteroatoms. The van der Waals surface area contributed by atoms with Crippen LogP contribution in [0.3, 0.4) is 0 Å². The highest BCUT2D eigenvalue weighted by Gasteiger charge is 2.36. The van der Waals surface area contributed by atoms with Gasteiger partial charge in [0.05, 0.1) is 0 Å². The molecule has 0 bridgehead atoms. The summed E-state index contributed by atoms with van der Waals surface area (Å²) in [5.41, 5.74) is 3.11. The maximum atomic E-state index is 3.58. The Kier molecular flexibility index (Phi) is 2.67. The third kappa shape index (κ3) is 2.58. The fraction of sp³-hybridized carbons (Fsp3) is 0.500. The first-order chi connectivity index (χ1) is 6.57. The second kappa shape index (κ2) is 3.67. The van der Waals surface area contributed by atoms with Gasteiger partial charge in [0, 0.05) is 16.6 Å². The summed E-state index contributed by atoms with van der Waals surface area (Å²) in [6.07, 6.45) is 2.64. The van der Waals surface area contributed by atoms with Crippen molar-refractivity contribution in [1.29, 1.82) is 0 Å². The van der Waals surface area contributed by atoms with Crippen LogP contribution in [0.5, 0.6) is 0 Å². The Morgan fingerprint density at radius 2 is 2.07 bits per heavy atom. The molecule has 0 atom stereocenters. The molecular formula is C12H16BrN. The summed E-state index contributed by atoms with van der Waals surface area (Å²) in [5, 5.41) is 3.58. The van der Waals surface area contributed by atoms with Crippen LogP contribution in [0.2, 0.25) is 0 Å². The molecule has 1 aliphatic rings. The third-order valence-electron chi connectivity index (χ3n) is 2.82. The van der Waals surface area contributed by atoms with Crippen LogP contribution in [0.15, 0.2) is 22.7 Å². The van der Waals surface area contributed by atoms with Gasteiger partial charge in [-0.15, -0.1) is 0 Å². The number of hydrogen-bond donors (Lipinski definition) is 1. The molecule has 0 radical (unpaired) electrons. The standard InChI is InChI=1S/C12H16BrN/c1-9-5-10(7-11(13)6-9)8-14-12(2)3-4-12/h5-7,14H,3-4,8H2,1-2H3. The van der Waals surface area contributed by atoms with Gasteiger partial charge in [-0.25, -0.2) is 0 Å². The number of aryl methyl sites for hydroxylation is 1. The highest BCUT2D eigenvalue weighted by Crippen LogP contribution is 2.34. The molecule has 1 aromatic carbocycles. The van der Waals surface area contributed by atoms with Crippen LogP contribution in [0, 0.1) is 6.92 Å². The Morgan fingerprint density at radius 3 is 2.64 bits per heavy atom. The first kappa shape index (κ1) is 10.2. The zero-order valence-corrected chi connectivity index (χ0v) is 10.3. The summed E-state index contributed by atoms with van der Waals surface area (Å²) in [6, 6.07) is 6.57. The van der Waals surface area contributed by atoms with Gasteiger partial charge >= 0.3 is 0 Å². The van der Waals surface area contributed by atoms with Crippen molar-refractivity contribution in [3.8, 4) is 0 Å². The number of benzene rings is 1. The minimum atomic E-state index is 0.427. The first-order valence-corrected chi connectivity index (χ1v) is 5.88. The van der Waals surface area contributed by atoms with Gasteiger partial charge in [0.15, 0.2) is 0 Å². The maximum Gasteiger partial charge on any atom is 0.0211 e. The van der Waals surface area contributed by atoms with E-state index in [4.69, 9.17) is 0 Å². The van der Waals surface area contributed by atoms with Crippen molar-refractivity contribution in [2.24, 2.45) is 0 Å². The van der Waals surface area contributed by atoms with Crippen molar-refractivity contribution in [2.75, 3.05) is 0 Å². The van der Waals surface area contributed by atoms with E-state index in [1.54, 1.807) is 0 Å². The van der Waals surface area contributed by atoms with Crippen LogP contribution in [0.25, 0.3) is 0 Å². The van der Waals surface area contributed by atoms with E-state index in [9.17, 15) is 0 Å². The molecule has 0 unspecified atom stereocenters. The zero-order valence-electron chi connectivity index (χ0n) is 8.73. The molecule has 1 fully saturated rings. The second-order valence-electron chi connectivity index (χ2n) is 4.55. The molecule has 0 saturated heterocycles. The van der Waals surface area contributed by atoms with E-state index in [2.05, 4.69) is 53.3 Å². The summed E-state index contributed by atoms with van der Waals surface area (Å²) in [4.78, 5) is 0. The molecule has 14 heavy (non-hydrogen) atoms. The predicted octanol–water partition coefficient (Wildman–Crippen LogP) is 3.40. The largest absolute Gasteiger partial charge is 0.307 e. The summed E-state index contributed by atoms with van der Waals surface area (Å²) >= 11 is 3.52. The van der Waals surface area contributed by atoms with Gasteiger partial charge in [-0.1, -0.05) is 22.0 Å². The lowest BCUT2D eigenvalue weighted by molar-refractivity contribution is 0.537. The lowest BCUT2D eigenvalue weighted by Gasteiger charge is -2.11. The molecule has 0 aliphatic heterocycles. The summed E-state index contributed by atoms with van der Waals surface area (Å²) in [5.74, 6) is 0. The summed E-state index contributed by atoms with van der Waals surface area (Å²) < 4.78 is 1.18. The fourth-order valence-corrected chi connectivity index (χ4v) is 2.25. The van der Waals surface area contributed by atoms with Crippen molar-refractivity contribution >= 4 is 15.9 Å². The highest BCUT2D eigenvalue weighted by atomic mass is 79.9. The molecule has 0 amide bonds. The average Bonchev–Trinajstić information content (AvgIpc) is 2.80. The quantitative estimate of drug-likeness (QED) is 0.871. The minimum Gasteiger partial charge on any atom is -0.307 e. The monoisotopic (exact) mass is 253 g/mol. The summed E-state index contributed by atoms with van der Waals surface area (Å²) in [6.45, 7) is 5.40. The number of rotatable bonds is 3. The van der Waals surface area contributed by atoms with Gasteiger partial charge in [0.25, 0.3) is 0 Å². The highest BCUT2D eigenvalue weighted by molar-refractivity contribution is 9.10. The van der Waals surface area contributed by atoms with Crippen molar-refractivity contribution < 1.29 is 0 Å². The molecular weight excluding hydrogens is 238 g/mol. The molecule has 0 heterocycles. The smallest absolute Gasteiger partial charge is 0.0211 e. The fourth-order valence-electron chi connectivity index (χ4n) is 1.59. The third-order valence-corrected chi connectivity index (χ3v) is 3.28. The zero-order chi connectivity index (χ0) is 10.2. The van der Waals surface area contributed by atoms with Gasteiger partial charge in [-0.2, -0.15) is 0 Å². The molecule has 1 aliphatic carbocycles. The Bertz CT molecular complexity index is 322. The topological polar surface area (TPSA) is 12.0 Å². The normalized spacial score (nSPS) is 18.2. The second-order valence-corrected chi connectivity index (χ2v) is 5.47. The number of nitrogens with one attached hydrogen (secondary N) is 1. The average molecular weight is 254 g/mol. The van der Waals surface area contributed by atoms with E-state index in [-0.39, 0.29) is 0 Å². The first-order valence-electron chi connectivity index (χ1n) is 5.09. The maximum absolute atomic E-state index is 3.58. The van der Waals surface area contributed by atoms with E-state index in [0.717, 1.165) is 6.54 Å². The predicted molar refractivity (Wildman–Crippen MR) is 63.4 cm³/mol. The van der Waals surface area contributed by atoms with Crippen LogP contribution in [0.1, 0.15) is 30.9 Å². The van der Waals surface area contributed by atoms with E-state index in [1.807, 2.05) is 0 Å². The molecule has 0 aromatic heterocycles. The molecule has 2 rings (SSSR count). The van der Waals surface area contributed by atoms with Gasteiger partial charge in [0.1, 0.15) is 0 Å². The van der Waals surface area contributed by atoms with Crippen molar-refractivity contribution in [3.63, 3.8) is 0 Å². The Balaban J connectivity index is 2.01.